The Kier molecular flexibility index (Phi) is 4.66. The minimum absolute atomic E-state index is 0.189. The highest BCUT2D eigenvalue weighted by molar-refractivity contribution is 7.99. The molecule has 1 rings (SSSR count). The molecule has 1 aromatic rings. The standard InChI is InChI=1S/C11H15NOS/c1-3-6-14-8-11(13)10-7-12-5-4-9(10)2/h4-5,7H,3,6,8H2,1-2H3. The molecule has 0 aliphatic heterocycles. The third kappa shape index (κ3) is 3.14. The fourth-order valence-corrected chi connectivity index (χ4v) is 1.92. The number of hydrogen-bond donors (Lipinski definition) is 0. The summed E-state index contributed by atoms with van der Waals surface area (Å²) in [6.45, 7) is 4.06. The van der Waals surface area contributed by atoms with Crippen LogP contribution in [-0.4, -0.2) is 22.3 Å². The van der Waals surface area contributed by atoms with Gasteiger partial charge in [-0.25, -0.2) is 0 Å². The summed E-state index contributed by atoms with van der Waals surface area (Å²) < 4.78 is 0. The third-order valence-corrected chi connectivity index (χ3v) is 3.08. The van der Waals surface area contributed by atoms with Gasteiger partial charge in [-0.15, -0.1) is 0 Å². The van der Waals surface area contributed by atoms with E-state index in [2.05, 4.69) is 11.9 Å². The first-order valence-electron chi connectivity index (χ1n) is 4.77. The summed E-state index contributed by atoms with van der Waals surface area (Å²) in [5.41, 5.74) is 1.78. The van der Waals surface area contributed by atoms with Gasteiger partial charge in [-0.3, -0.25) is 9.78 Å². The van der Waals surface area contributed by atoms with Gasteiger partial charge in [0, 0.05) is 18.0 Å². The van der Waals surface area contributed by atoms with Gasteiger partial charge in [0.05, 0.1) is 5.75 Å². The number of carbonyl (C=O) groups is 1. The fraction of sp³-hybridized carbons (Fsp3) is 0.455. The molecule has 1 aromatic heterocycles. The molecule has 0 aliphatic carbocycles. The number of hydrogen-bond acceptors (Lipinski definition) is 3. The molecule has 0 atom stereocenters. The summed E-state index contributed by atoms with van der Waals surface area (Å²) in [4.78, 5) is 15.6. The lowest BCUT2D eigenvalue weighted by Crippen LogP contribution is -2.05. The second-order valence-corrected chi connectivity index (χ2v) is 4.27. The minimum Gasteiger partial charge on any atom is -0.293 e. The average Bonchev–Trinajstić information content (AvgIpc) is 2.18. The van der Waals surface area contributed by atoms with Crippen LogP contribution in [0.5, 0.6) is 0 Å². The summed E-state index contributed by atoms with van der Waals surface area (Å²) in [5.74, 6) is 1.81. The van der Waals surface area contributed by atoms with Crippen LogP contribution >= 0.6 is 11.8 Å². The van der Waals surface area contributed by atoms with Gasteiger partial charge < -0.3 is 0 Å². The van der Waals surface area contributed by atoms with Gasteiger partial charge >= 0.3 is 0 Å². The smallest absolute Gasteiger partial charge is 0.174 e. The van der Waals surface area contributed by atoms with E-state index in [1.54, 1.807) is 24.2 Å². The second kappa shape index (κ2) is 5.81. The average molecular weight is 209 g/mol. The van der Waals surface area contributed by atoms with E-state index in [9.17, 15) is 4.79 Å². The summed E-state index contributed by atoms with van der Waals surface area (Å²) in [7, 11) is 0. The van der Waals surface area contributed by atoms with Crippen molar-refractivity contribution >= 4 is 17.5 Å². The zero-order valence-electron chi connectivity index (χ0n) is 8.62. The van der Waals surface area contributed by atoms with Crippen LogP contribution in [-0.2, 0) is 0 Å². The van der Waals surface area contributed by atoms with Crippen molar-refractivity contribution in [3.63, 3.8) is 0 Å². The van der Waals surface area contributed by atoms with Crippen molar-refractivity contribution in [1.29, 1.82) is 0 Å². The molecule has 0 aliphatic rings. The number of pyridine rings is 1. The quantitative estimate of drug-likeness (QED) is 0.551. The van der Waals surface area contributed by atoms with Crippen LogP contribution in [0.2, 0.25) is 0 Å². The Morgan fingerprint density at radius 1 is 1.57 bits per heavy atom. The van der Waals surface area contributed by atoms with Gasteiger partial charge in [-0.1, -0.05) is 6.92 Å². The number of ketones is 1. The number of rotatable bonds is 5. The molecule has 0 N–H and O–H groups in total. The molecule has 3 heteroatoms. The van der Waals surface area contributed by atoms with Crippen molar-refractivity contribution in [3.05, 3.63) is 29.6 Å². The Labute approximate surface area is 89.1 Å². The molecule has 0 saturated heterocycles. The lowest BCUT2D eigenvalue weighted by atomic mass is 10.1. The Morgan fingerprint density at radius 2 is 2.36 bits per heavy atom. The van der Waals surface area contributed by atoms with Crippen LogP contribution in [0, 0.1) is 6.92 Å². The van der Waals surface area contributed by atoms with E-state index in [-0.39, 0.29) is 5.78 Å². The molecule has 0 radical (unpaired) electrons. The predicted molar refractivity (Wildman–Crippen MR) is 60.9 cm³/mol. The monoisotopic (exact) mass is 209 g/mol. The van der Waals surface area contributed by atoms with Crippen molar-refractivity contribution < 1.29 is 4.79 Å². The van der Waals surface area contributed by atoms with Gasteiger partial charge in [0.2, 0.25) is 0 Å². The molecule has 1 heterocycles. The van der Waals surface area contributed by atoms with E-state index in [4.69, 9.17) is 0 Å². The third-order valence-electron chi connectivity index (χ3n) is 1.92. The van der Waals surface area contributed by atoms with Crippen molar-refractivity contribution in [2.45, 2.75) is 20.3 Å². The van der Waals surface area contributed by atoms with Crippen LogP contribution in [0.1, 0.15) is 29.3 Å². The SMILES string of the molecule is CCCSCC(=O)c1cnccc1C. The largest absolute Gasteiger partial charge is 0.293 e. The van der Waals surface area contributed by atoms with Crippen LogP contribution < -0.4 is 0 Å². The van der Waals surface area contributed by atoms with Crippen molar-refractivity contribution in [1.82, 2.24) is 4.98 Å². The minimum atomic E-state index is 0.189. The van der Waals surface area contributed by atoms with Crippen molar-refractivity contribution in [3.8, 4) is 0 Å². The summed E-state index contributed by atoms with van der Waals surface area (Å²) in [6.07, 6.45) is 4.49. The van der Waals surface area contributed by atoms with E-state index in [0.717, 1.165) is 23.3 Å². The number of thioether (sulfide) groups is 1. The van der Waals surface area contributed by atoms with Gasteiger partial charge in [0.15, 0.2) is 5.78 Å². The zero-order chi connectivity index (χ0) is 10.4. The number of aryl methyl sites for hydroxylation is 1. The first kappa shape index (κ1) is 11.2. The Morgan fingerprint density at radius 3 is 3.00 bits per heavy atom. The van der Waals surface area contributed by atoms with Crippen molar-refractivity contribution in [2.24, 2.45) is 0 Å². The van der Waals surface area contributed by atoms with E-state index >= 15 is 0 Å². The van der Waals surface area contributed by atoms with E-state index in [1.165, 1.54) is 0 Å². The van der Waals surface area contributed by atoms with Crippen LogP contribution in [0.15, 0.2) is 18.5 Å². The Hall–Kier alpha value is -0.830. The molecule has 0 amide bonds. The lowest BCUT2D eigenvalue weighted by Gasteiger charge is -2.02. The molecule has 14 heavy (non-hydrogen) atoms. The Bertz CT molecular complexity index is 312. The van der Waals surface area contributed by atoms with Crippen LogP contribution in [0.3, 0.4) is 0 Å². The highest BCUT2D eigenvalue weighted by Crippen LogP contribution is 2.10. The van der Waals surface area contributed by atoms with Gasteiger partial charge in [0.1, 0.15) is 0 Å². The lowest BCUT2D eigenvalue weighted by molar-refractivity contribution is 0.102. The molecule has 0 unspecified atom stereocenters. The molecule has 0 bridgehead atoms. The molecule has 0 spiro atoms. The van der Waals surface area contributed by atoms with E-state index in [0.29, 0.717) is 5.75 Å². The highest BCUT2D eigenvalue weighted by Gasteiger charge is 2.07. The molecule has 0 aromatic carbocycles. The molecular weight excluding hydrogens is 194 g/mol. The van der Waals surface area contributed by atoms with Gasteiger partial charge in [0.25, 0.3) is 0 Å². The van der Waals surface area contributed by atoms with Crippen molar-refractivity contribution in [2.75, 3.05) is 11.5 Å². The first-order valence-corrected chi connectivity index (χ1v) is 5.92. The Balaban J connectivity index is 2.56. The zero-order valence-corrected chi connectivity index (χ0v) is 9.43. The number of carbonyl (C=O) groups excluding carboxylic acids is 1. The number of aromatic nitrogens is 1. The highest BCUT2D eigenvalue weighted by atomic mass is 32.2. The van der Waals surface area contributed by atoms with Crippen LogP contribution in [0.4, 0.5) is 0 Å². The maximum absolute atomic E-state index is 11.7. The fourth-order valence-electron chi connectivity index (χ4n) is 1.14. The molecule has 2 nitrogen and oxygen atoms in total. The molecule has 76 valence electrons. The summed E-state index contributed by atoms with van der Waals surface area (Å²) in [5, 5.41) is 0. The molecular formula is C11H15NOS. The maximum Gasteiger partial charge on any atom is 0.174 e. The van der Waals surface area contributed by atoms with Gasteiger partial charge in [-0.05, 0) is 30.7 Å². The summed E-state index contributed by atoms with van der Waals surface area (Å²) >= 11 is 1.69. The van der Waals surface area contributed by atoms with Gasteiger partial charge in [-0.2, -0.15) is 11.8 Å². The molecule has 0 saturated carbocycles. The summed E-state index contributed by atoms with van der Waals surface area (Å²) in [6, 6.07) is 1.87. The number of Topliss-reactive ketones (excluding diaryl/α,β-unsaturated/α-hetero) is 1. The van der Waals surface area contributed by atoms with E-state index < -0.39 is 0 Å². The maximum atomic E-state index is 11.7. The van der Waals surface area contributed by atoms with Crippen LogP contribution in [0.25, 0.3) is 0 Å². The molecule has 0 fully saturated rings. The second-order valence-electron chi connectivity index (χ2n) is 3.17. The first-order chi connectivity index (χ1) is 6.75. The van der Waals surface area contributed by atoms with E-state index in [1.807, 2.05) is 13.0 Å². The topological polar surface area (TPSA) is 30.0 Å². The normalized spacial score (nSPS) is 10.1. The number of nitrogens with zero attached hydrogens (tertiary/aromatic N) is 1. The predicted octanol–water partition coefficient (Wildman–Crippen LogP) is 2.72.